The van der Waals surface area contributed by atoms with Crippen LogP contribution in [0.15, 0.2) is 72.8 Å². The third-order valence-corrected chi connectivity index (χ3v) is 3.76. The smallest absolute Gasteiger partial charge is 0.343 e. The number of carbonyl (C=O) groups excluding carboxylic acids is 1. The number of allylic oxidation sites excluding steroid dienone is 1. The van der Waals surface area contributed by atoms with Crippen molar-refractivity contribution in [2.75, 3.05) is 0 Å². The van der Waals surface area contributed by atoms with Crippen LogP contribution in [0, 0.1) is 23.0 Å². The molecule has 0 amide bonds. The Kier molecular flexibility index (Phi) is 5.38. The van der Waals surface area contributed by atoms with Gasteiger partial charge in [-0.1, -0.05) is 42.5 Å². The SMILES string of the molecule is N#C/C(=C/c1ccc(OC(=O)c2ccc(F)c(F)c2)cc1)c1ccccc1. The number of carbonyl (C=O) groups is 1. The monoisotopic (exact) mass is 361 g/mol. The summed E-state index contributed by atoms with van der Waals surface area (Å²) in [5.74, 6) is -2.69. The van der Waals surface area contributed by atoms with Crippen molar-refractivity contribution >= 4 is 17.6 Å². The fourth-order valence-corrected chi connectivity index (χ4v) is 2.39. The number of nitrogens with zero attached hydrogens (tertiary/aromatic N) is 1. The molecular formula is C22H13F2NO2. The summed E-state index contributed by atoms with van der Waals surface area (Å²) in [5, 5.41) is 9.34. The number of hydrogen-bond donors (Lipinski definition) is 0. The summed E-state index contributed by atoms with van der Waals surface area (Å²) in [5.41, 5.74) is 1.97. The number of ether oxygens (including phenoxy) is 1. The van der Waals surface area contributed by atoms with Gasteiger partial charge in [-0.25, -0.2) is 13.6 Å². The maximum Gasteiger partial charge on any atom is 0.343 e. The van der Waals surface area contributed by atoms with E-state index in [1.165, 1.54) is 0 Å². The molecule has 0 atom stereocenters. The maximum absolute atomic E-state index is 13.2. The molecular weight excluding hydrogens is 348 g/mol. The van der Waals surface area contributed by atoms with E-state index in [2.05, 4.69) is 6.07 Å². The second-order valence-corrected chi connectivity index (χ2v) is 5.62. The van der Waals surface area contributed by atoms with Gasteiger partial charge in [-0.05, 0) is 47.5 Å². The first-order chi connectivity index (χ1) is 13.1. The summed E-state index contributed by atoms with van der Waals surface area (Å²) in [6.45, 7) is 0. The summed E-state index contributed by atoms with van der Waals surface area (Å²) in [4.78, 5) is 12.0. The molecule has 0 bridgehead atoms. The number of benzene rings is 3. The molecule has 132 valence electrons. The van der Waals surface area contributed by atoms with Crippen LogP contribution in [-0.4, -0.2) is 5.97 Å². The average Bonchev–Trinajstić information content (AvgIpc) is 2.70. The third kappa shape index (κ3) is 4.44. The quantitative estimate of drug-likeness (QED) is 0.276. The minimum Gasteiger partial charge on any atom is -0.423 e. The van der Waals surface area contributed by atoms with Gasteiger partial charge in [0.2, 0.25) is 0 Å². The predicted molar refractivity (Wildman–Crippen MR) is 97.7 cm³/mol. The minimum absolute atomic E-state index is 0.0892. The number of nitriles is 1. The van der Waals surface area contributed by atoms with Gasteiger partial charge in [0.25, 0.3) is 0 Å². The van der Waals surface area contributed by atoms with E-state index < -0.39 is 17.6 Å². The van der Waals surface area contributed by atoms with E-state index in [-0.39, 0.29) is 11.3 Å². The van der Waals surface area contributed by atoms with Gasteiger partial charge in [0, 0.05) is 0 Å². The Bertz CT molecular complexity index is 1040. The Morgan fingerprint density at radius 1 is 0.889 bits per heavy atom. The fraction of sp³-hybridized carbons (Fsp3) is 0. The van der Waals surface area contributed by atoms with E-state index in [1.54, 1.807) is 30.3 Å². The molecule has 0 radical (unpaired) electrons. The lowest BCUT2D eigenvalue weighted by molar-refractivity contribution is 0.0734. The molecule has 0 aliphatic rings. The van der Waals surface area contributed by atoms with Crippen molar-refractivity contribution < 1.29 is 18.3 Å². The number of rotatable bonds is 4. The molecule has 0 saturated carbocycles. The average molecular weight is 361 g/mol. The third-order valence-electron chi connectivity index (χ3n) is 3.76. The molecule has 0 saturated heterocycles. The Hall–Kier alpha value is -3.78. The highest BCUT2D eigenvalue weighted by Gasteiger charge is 2.12. The van der Waals surface area contributed by atoms with Gasteiger partial charge in [-0.15, -0.1) is 0 Å². The van der Waals surface area contributed by atoms with Gasteiger partial charge >= 0.3 is 5.97 Å². The van der Waals surface area contributed by atoms with Crippen molar-refractivity contribution in [2.45, 2.75) is 0 Å². The van der Waals surface area contributed by atoms with Gasteiger partial charge in [0.05, 0.1) is 17.2 Å². The highest BCUT2D eigenvalue weighted by molar-refractivity contribution is 5.91. The van der Waals surface area contributed by atoms with E-state index in [0.29, 0.717) is 5.57 Å². The number of esters is 1. The molecule has 0 aliphatic carbocycles. The number of hydrogen-bond acceptors (Lipinski definition) is 3. The molecule has 0 N–H and O–H groups in total. The minimum atomic E-state index is -1.12. The van der Waals surface area contributed by atoms with Crippen LogP contribution >= 0.6 is 0 Å². The molecule has 3 aromatic rings. The summed E-state index contributed by atoms with van der Waals surface area (Å²) < 4.78 is 31.3. The second-order valence-electron chi connectivity index (χ2n) is 5.62. The molecule has 0 fully saturated rings. The Balaban J connectivity index is 1.75. The van der Waals surface area contributed by atoms with Crippen molar-refractivity contribution in [2.24, 2.45) is 0 Å². The lowest BCUT2D eigenvalue weighted by Crippen LogP contribution is -2.09. The molecule has 5 heteroatoms. The highest BCUT2D eigenvalue weighted by atomic mass is 19.2. The highest BCUT2D eigenvalue weighted by Crippen LogP contribution is 2.20. The van der Waals surface area contributed by atoms with Crippen molar-refractivity contribution in [1.29, 1.82) is 5.26 Å². The van der Waals surface area contributed by atoms with Gasteiger partial charge in [-0.3, -0.25) is 0 Å². The Morgan fingerprint density at radius 2 is 1.59 bits per heavy atom. The molecule has 0 aromatic heterocycles. The molecule has 27 heavy (non-hydrogen) atoms. The molecule has 0 spiro atoms. The molecule has 3 nitrogen and oxygen atoms in total. The van der Waals surface area contributed by atoms with Crippen molar-refractivity contribution in [3.05, 3.63) is 101 Å². The van der Waals surface area contributed by atoms with E-state index in [1.807, 2.05) is 30.3 Å². The Morgan fingerprint density at radius 3 is 2.22 bits per heavy atom. The zero-order chi connectivity index (χ0) is 19.2. The van der Waals surface area contributed by atoms with Crippen LogP contribution in [0.4, 0.5) is 8.78 Å². The normalized spacial score (nSPS) is 10.9. The van der Waals surface area contributed by atoms with Gasteiger partial charge in [0.1, 0.15) is 5.75 Å². The summed E-state index contributed by atoms with van der Waals surface area (Å²) in [7, 11) is 0. The van der Waals surface area contributed by atoms with Crippen LogP contribution in [0.1, 0.15) is 21.5 Å². The van der Waals surface area contributed by atoms with Crippen LogP contribution in [-0.2, 0) is 0 Å². The van der Waals surface area contributed by atoms with Crippen LogP contribution in [0.2, 0.25) is 0 Å². The molecule has 3 aromatic carbocycles. The standard InChI is InChI=1S/C22H13F2NO2/c23-20-11-8-17(13-21(20)24)22(26)27-19-9-6-15(7-10-19)12-18(14-25)16-4-2-1-3-5-16/h1-13H/b18-12-. The van der Waals surface area contributed by atoms with Crippen molar-refractivity contribution in [1.82, 2.24) is 0 Å². The lowest BCUT2D eigenvalue weighted by atomic mass is 10.0. The van der Waals surface area contributed by atoms with Crippen LogP contribution < -0.4 is 4.74 Å². The van der Waals surface area contributed by atoms with Crippen molar-refractivity contribution in [3.8, 4) is 11.8 Å². The topological polar surface area (TPSA) is 50.1 Å². The molecule has 0 aliphatic heterocycles. The first-order valence-corrected chi connectivity index (χ1v) is 8.01. The molecule has 0 heterocycles. The maximum atomic E-state index is 13.2. The van der Waals surface area contributed by atoms with Gasteiger partial charge < -0.3 is 4.74 Å². The Labute approximate surface area is 154 Å². The van der Waals surface area contributed by atoms with Gasteiger partial charge in [-0.2, -0.15) is 5.26 Å². The van der Waals surface area contributed by atoms with E-state index in [0.717, 1.165) is 29.3 Å². The van der Waals surface area contributed by atoms with E-state index >= 15 is 0 Å². The van der Waals surface area contributed by atoms with E-state index in [9.17, 15) is 18.8 Å². The second kappa shape index (κ2) is 8.07. The van der Waals surface area contributed by atoms with E-state index in [4.69, 9.17) is 4.74 Å². The summed E-state index contributed by atoms with van der Waals surface area (Å²) in [6, 6.07) is 20.7. The van der Waals surface area contributed by atoms with Crippen LogP contribution in [0.25, 0.3) is 11.6 Å². The zero-order valence-corrected chi connectivity index (χ0v) is 14.0. The van der Waals surface area contributed by atoms with Gasteiger partial charge in [0.15, 0.2) is 11.6 Å². The fourth-order valence-electron chi connectivity index (χ4n) is 2.39. The summed E-state index contributed by atoms with van der Waals surface area (Å²) >= 11 is 0. The lowest BCUT2D eigenvalue weighted by Gasteiger charge is -2.05. The first kappa shape index (κ1) is 18.0. The predicted octanol–water partition coefficient (Wildman–Crippen LogP) is 5.25. The molecule has 0 unspecified atom stereocenters. The zero-order valence-electron chi connectivity index (χ0n) is 14.0. The number of halogens is 2. The first-order valence-electron chi connectivity index (χ1n) is 8.01. The van der Waals surface area contributed by atoms with Crippen LogP contribution in [0.5, 0.6) is 5.75 Å². The van der Waals surface area contributed by atoms with Crippen molar-refractivity contribution in [3.63, 3.8) is 0 Å². The summed E-state index contributed by atoms with van der Waals surface area (Å²) in [6.07, 6.45) is 1.72. The largest absolute Gasteiger partial charge is 0.423 e. The molecule has 3 rings (SSSR count). The van der Waals surface area contributed by atoms with Crippen LogP contribution in [0.3, 0.4) is 0 Å².